The van der Waals surface area contributed by atoms with Gasteiger partial charge in [0.1, 0.15) is 11.3 Å². The third kappa shape index (κ3) is 4.99. The fourth-order valence-electron chi connectivity index (χ4n) is 2.98. The lowest BCUT2D eigenvalue weighted by atomic mass is 10.2. The molecule has 9 nitrogen and oxygen atoms in total. The average molecular weight is 409 g/mol. The van der Waals surface area contributed by atoms with Crippen molar-refractivity contribution in [1.29, 1.82) is 0 Å². The number of anilines is 1. The fourth-order valence-corrected chi connectivity index (χ4v) is 2.98. The van der Waals surface area contributed by atoms with Gasteiger partial charge in [-0.2, -0.15) is 0 Å². The summed E-state index contributed by atoms with van der Waals surface area (Å²) in [5, 5.41) is 11.1. The minimum Gasteiger partial charge on any atom is -0.497 e. The average Bonchev–Trinajstić information content (AvgIpc) is 2.77. The number of carbonyl (C=O) groups excluding carboxylic acids is 2. The molecule has 0 unspecified atom stereocenters. The van der Waals surface area contributed by atoms with Crippen LogP contribution in [0.1, 0.15) is 13.3 Å². The van der Waals surface area contributed by atoms with Gasteiger partial charge >= 0.3 is 0 Å². The van der Waals surface area contributed by atoms with Crippen molar-refractivity contribution in [2.24, 2.45) is 0 Å². The molecule has 0 fully saturated rings. The monoisotopic (exact) mass is 409 g/mol. The third-order valence-electron chi connectivity index (χ3n) is 4.59. The Morgan fingerprint density at radius 3 is 2.73 bits per heavy atom. The highest BCUT2D eigenvalue weighted by atomic mass is 16.5. The number of methoxy groups -OCH3 is 1. The van der Waals surface area contributed by atoms with Gasteiger partial charge in [0, 0.05) is 24.7 Å². The summed E-state index contributed by atoms with van der Waals surface area (Å²) >= 11 is 0. The first-order valence-electron chi connectivity index (χ1n) is 9.56. The van der Waals surface area contributed by atoms with Crippen LogP contribution in [0.25, 0.3) is 10.9 Å². The predicted octanol–water partition coefficient (Wildman–Crippen LogP) is 1.68. The Morgan fingerprint density at radius 1 is 1.17 bits per heavy atom. The van der Waals surface area contributed by atoms with Gasteiger partial charge in [-0.1, -0.05) is 23.4 Å². The lowest BCUT2D eigenvalue weighted by molar-refractivity contribution is -0.134. The molecule has 0 saturated heterocycles. The molecule has 3 rings (SSSR count). The molecule has 0 aliphatic heterocycles. The summed E-state index contributed by atoms with van der Waals surface area (Å²) in [5.41, 5.74) is 0.794. The SMILES string of the molecule is CCN(CC(=O)Nc1cccc(OC)c1)C(=O)CCn1nnc2ccccc2c1=O. The van der Waals surface area contributed by atoms with E-state index in [9.17, 15) is 14.4 Å². The van der Waals surface area contributed by atoms with Crippen LogP contribution in [0, 0.1) is 0 Å². The molecule has 1 N–H and O–H groups in total. The second-order valence-electron chi connectivity index (χ2n) is 6.57. The van der Waals surface area contributed by atoms with Gasteiger partial charge in [-0.3, -0.25) is 14.4 Å². The molecule has 30 heavy (non-hydrogen) atoms. The van der Waals surface area contributed by atoms with Gasteiger partial charge in [-0.15, -0.1) is 5.10 Å². The number of fused-ring (bicyclic) bond motifs is 1. The summed E-state index contributed by atoms with van der Waals surface area (Å²) in [6.07, 6.45) is 0.0349. The molecule has 0 bridgehead atoms. The molecule has 1 aromatic heterocycles. The molecule has 0 aliphatic carbocycles. The Balaban J connectivity index is 1.60. The van der Waals surface area contributed by atoms with E-state index in [1.54, 1.807) is 62.6 Å². The van der Waals surface area contributed by atoms with Crippen LogP contribution in [0.15, 0.2) is 53.3 Å². The molecule has 9 heteroatoms. The van der Waals surface area contributed by atoms with Gasteiger partial charge in [0.05, 0.1) is 25.6 Å². The molecule has 1 heterocycles. The van der Waals surface area contributed by atoms with Crippen molar-refractivity contribution < 1.29 is 14.3 Å². The number of hydrogen-bond donors (Lipinski definition) is 1. The van der Waals surface area contributed by atoms with Crippen LogP contribution in [0.2, 0.25) is 0 Å². The highest BCUT2D eigenvalue weighted by Crippen LogP contribution is 2.16. The number of amides is 2. The number of carbonyl (C=O) groups is 2. The topological polar surface area (TPSA) is 106 Å². The van der Waals surface area contributed by atoms with Crippen LogP contribution in [0.5, 0.6) is 5.75 Å². The van der Waals surface area contributed by atoms with Gasteiger partial charge in [0.15, 0.2) is 0 Å². The van der Waals surface area contributed by atoms with Gasteiger partial charge in [0.2, 0.25) is 11.8 Å². The van der Waals surface area contributed by atoms with E-state index < -0.39 is 0 Å². The number of nitrogens with zero attached hydrogens (tertiary/aromatic N) is 4. The van der Waals surface area contributed by atoms with E-state index in [0.29, 0.717) is 28.9 Å². The van der Waals surface area contributed by atoms with Crippen molar-refractivity contribution in [3.8, 4) is 5.75 Å². The Labute approximate surface area is 173 Å². The first kappa shape index (κ1) is 21.0. The summed E-state index contributed by atoms with van der Waals surface area (Å²) in [4.78, 5) is 38.8. The Kier molecular flexibility index (Phi) is 6.74. The van der Waals surface area contributed by atoms with Crippen LogP contribution in [-0.2, 0) is 16.1 Å². The normalized spacial score (nSPS) is 10.6. The predicted molar refractivity (Wildman–Crippen MR) is 112 cm³/mol. The largest absolute Gasteiger partial charge is 0.497 e. The molecule has 2 aromatic carbocycles. The number of benzene rings is 2. The summed E-state index contributed by atoms with van der Waals surface area (Å²) in [7, 11) is 1.55. The van der Waals surface area contributed by atoms with Crippen LogP contribution < -0.4 is 15.6 Å². The quantitative estimate of drug-likeness (QED) is 0.607. The molecule has 0 spiro atoms. The van der Waals surface area contributed by atoms with Crippen molar-refractivity contribution in [2.75, 3.05) is 25.5 Å². The van der Waals surface area contributed by atoms with Crippen molar-refractivity contribution in [3.63, 3.8) is 0 Å². The van der Waals surface area contributed by atoms with Gasteiger partial charge in [-0.05, 0) is 31.2 Å². The van der Waals surface area contributed by atoms with Crippen LogP contribution >= 0.6 is 0 Å². The smallest absolute Gasteiger partial charge is 0.277 e. The number of aryl methyl sites for hydroxylation is 1. The maximum atomic E-state index is 12.6. The Morgan fingerprint density at radius 2 is 1.97 bits per heavy atom. The Hall–Kier alpha value is -3.75. The minimum atomic E-state index is -0.318. The van der Waals surface area contributed by atoms with Crippen molar-refractivity contribution in [1.82, 2.24) is 19.9 Å². The third-order valence-corrected chi connectivity index (χ3v) is 4.59. The highest BCUT2D eigenvalue weighted by Gasteiger charge is 2.17. The van der Waals surface area contributed by atoms with Crippen molar-refractivity contribution >= 4 is 28.4 Å². The molecule has 3 aromatic rings. The van der Waals surface area contributed by atoms with Crippen LogP contribution in [-0.4, -0.2) is 51.9 Å². The molecular formula is C21H23N5O4. The number of rotatable bonds is 8. The van der Waals surface area contributed by atoms with E-state index in [4.69, 9.17) is 4.74 Å². The van der Waals surface area contributed by atoms with E-state index in [-0.39, 0.29) is 36.9 Å². The number of hydrogen-bond acceptors (Lipinski definition) is 6. The molecule has 0 saturated carbocycles. The first-order chi connectivity index (χ1) is 14.5. The van der Waals surface area contributed by atoms with Crippen LogP contribution in [0.3, 0.4) is 0 Å². The zero-order valence-electron chi connectivity index (χ0n) is 16.9. The summed E-state index contributed by atoms with van der Waals surface area (Å²) < 4.78 is 6.30. The fraction of sp³-hybridized carbons (Fsp3) is 0.286. The molecular weight excluding hydrogens is 386 g/mol. The van der Waals surface area contributed by atoms with E-state index in [1.165, 1.54) is 9.58 Å². The molecule has 156 valence electrons. The van der Waals surface area contributed by atoms with Gasteiger partial charge < -0.3 is 15.0 Å². The second-order valence-corrected chi connectivity index (χ2v) is 6.57. The summed E-state index contributed by atoms with van der Waals surface area (Å²) in [5.74, 6) is 0.0550. The van der Waals surface area contributed by atoms with E-state index in [0.717, 1.165) is 0 Å². The number of nitrogens with one attached hydrogen (secondary N) is 1. The summed E-state index contributed by atoms with van der Waals surface area (Å²) in [6, 6.07) is 13.9. The lowest BCUT2D eigenvalue weighted by Crippen LogP contribution is -2.38. The van der Waals surface area contributed by atoms with Crippen molar-refractivity contribution in [3.05, 3.63) is 58.9 Å². The lowest BCUT2D eigenvalue weighted by Gasteiger charge is -2.20. The molecule has 0 aliphatic rings. The first-order valence-corrected chi connectivity index (χ1v) is 9.56. The Bertz CT molecular complexity index is 1110. The number of ether oxygens (including phenoxy) is 1. The van der Waals surface area contributed by atoms with Gasteiger partial charge in [-0.25, -0.2) is 4.68 Å². The number of aromatic nitrogens is 3. The van der Waals surface area contributed by atoms with Crippen molar-refractivity contribution in [2.45, 2.75) is 19.9 Å². The summed E-state index contributed by atoms with van der Waals surface area (Å²) in [6.45, 7) is 2.15. The van der Waals surface area contributed by atoms with E-state index >= 15 is 0 Å². The maximum Gasteiger partial charge on any atom is 0.277 e. The van der Waals surface area contributed by atoms with E-state index in [2.05, 4.69) is 15.6 Å². The second kappa shape index (κ2) is 9.64. The zero-order valence-corrected chi connectivity index (χ0v) is 16.9. The molecule has 2 amide bonds. The van der Waals surface area contributed by atoms with Gasteiger partial charge in [0.25, 0.3) is 5.56 Å². The zero-order chi connectivity index (χ0) is 21.5. The molecule has 0 radical (unpaired) electrons. The molecule has 0 atom stereocenters. The standard InChI is InChI=1S/C21H23N5O4/c1-3-25(14-19(27)22-15-7-6-8-16(13-15)30-2)20(28)11-12-26-21(29)17-9-4-5-10-18(17)23-24-26/h4-10,13H,3,11-12,14H2,1-2H3,(H,22,27). The maximum absolute atomic E-state index is 12.6. The minimum absolute atomic E-state index is 0.0349. The number of likely N-dealkylation sites (N-methyl/N-ethyl adjacent to an activating group) is 1. The van der Waals surface area contributed by atoms with E-state index in [1.807, 2.05) is 0 Å². The van der Waals surface area contributed by atoms with Crippen LogP contribution in [0.4, 0.5) is 5.69 Å². The highest BCUT2D eigenvalue weighted by molar-refractivity contribution is 5.94.